The highest BCUT2D eigenvalue weighted by Crippen LogP contribution is 2.23. The lowest BCUT2D eigenvalue weighted by Gasteiger charge is -2.08. The Hall–Kier alpha value is -1.89. The van der Waals surface area contributed by atoms with E-state index >= 15 is 0 Å². The van der Waals surface area contributed by atoms with E-state index in [1.807, 2.05) is 11.6 Å². The van der Waals surface area contributed by atoms with Gasteiger partial charge in [0.2, 0.25) is 0 Å². The van der Waals surface area contributed by atoms with Crippen LogP contribution in [0.3, 0.4) is 0 Å². The molecule has 0 saturated heterocycles. The molecule has 1 heterocycles. The highest BCUT2D eigenvalue weighted by atomic mass is 79.9. The number of nitrogens with zero attached hydrogens (tertiary/aromatic N) is 3. The molecule has 7 heteroatoms. The van der Waals surface area contributed by atoms with Gasteiger partial charge in [-0.2, -0.15) is 0 Å². The first kappa shape index (κ1) is 13.5. The zero-order chi connectivity index (χ0) is 13.8. The summed E-state index contributed by atoms with van der Waals surface area (Å²) in [6, 6.07) is 5.20. The Kier molecular flexibility index (Phi) is 4.16. The summed E-state index contributed by atoms with van der Waals surface area (Å²) < 4.78 is 2.44. The number of rotatable bonds is 4. The Morgan fingerprint density at radius 2 is 2.32 bits per heavy atom. The quantitative estimate of drug-likeness (QED) is 0.826. The van der Waals surface area contributed by atoms with Crippen molar-refractivity contribution >= 4 is 27.5 Å². The summed E-state index contributed by atoms with van der Waals surface area (Å²) in [6.07, 6.45) is 2.26. The smallest absolute Gasteiger partial charge is 0.252 e. The van der Waals surface area contributed by atoms with Crippen LogP contribution in [0.1, 0.15) is 16.2 Å². The molecule has 1 amide bonds. The van der Waals surface area contributed by atoms with Gasteiger partial charge in [-0.25, -0.2) is 0 Å². The van der Waals surface area contributed by atoms with E-state index in [0.717, 1.165) is 5.82 Å². The van der Waals surface area contributed by atoms with E-state index < -0.39 is 0 Å². The van der Waals surface area contributed by atoms with Gasteiger partial charge >= 0.3 is 0 Å². The van der Waals surface area contributed by atoms with Crippen LogP contribution >= 0.6 is 15.9 Å². The number of halogens is 1. The van der Waals surface area contributed by atoms with E-state index in [2.05, 4.69) is 31.4 Å². The minimum atomic E-state index is -0.165. The lowest BCUT2D eigenvalue weighted by molar-refractivity contribution is 0.0953. The third-order valence-corrected chi connectivity index (χ3v) is 3.60. The molecule has 1 aromatic carbocycles. The summed E-state index contributed by atoms with van der Waals surface area (Å²) in [4.78, 5) is 12.0. The molecule has 2 rings (SSSR count). The van der Waals surface area contributed by atoms with Gasteiger partial charge in [-0.3, -0.25) is 4.79 Å². The van der Waals surface area contributed by atoms with Crippen molar-refractivity contribution in [2.45, 2.75) is 6.42 Å². The molecule has 0 unspecified atom stereocenters. The van der Waals surface area contributed by atoms with Crippen molar-refractivity contribution < 1.29 is 4.79 Å². The number of nitrogens with one attached hydrogen (secondary N) is 1. The third-order valence-electron chi connectivity index (χ3n) is 2.71. The molecule has 0 bridgehead atoms. The van der Waals surface area contributed by atoms with E-state index in [0.29, 0.717) is 28.7 Å². The van der Waals surface area contributed by atoms with Crippen molar-refractivity contribution in [3.05, 3.63) is 40.4 Å². The molecule has 0 atom stereocenters. The Labute approximate surface area is 119 Å². The van der Waals surface area contributed by atoms with Gasteiger partial charge in [0.25, 0.3) is 5.91 Å². The van der Waals surface area contributed by atoms with Crippen molar-refractivity contribution in [3.8, 4) is 0 Å². The monoisotopic (exact) mass is 323 g/mol. The average Bonchev–Trinajstić information content (AvgIpc) is 2.78. The number of aryl methyl sites for hydroxylation is 1. The van der Waals surface area contributed by atoms with Crippen LogP contribution < -0.4 is 11.1 Å². The van der Waals surface area contributed by atoms with Crippen LogP contribution in [0.15, 0.2) is 29.0 Å². The number of carbonyl (C=O) groups is 1. The van der Waals surface area contributed by atoms with Crippen LogP contribution in [-0.2, 0) is 13.5 Å². The number of amides is 1. The van der Waals surface area contributed by atoms with Gasteiger partial charge in [-0.15, -0.1) is 10.2 Å². The summed E-state index contributed by atoms with van der Waals surface area (Å²) in [5, 5.41) is 10.6. The van der Waals surface area contributed by atoms with Gasteiger partial charge in [0.1, 0.15) is 12.2 Å². The van der Waals surface area contributed by atoms with Crippen molar-refractivity contribution in [2.75, 3.05) is 12.3 Å². The summed E-state index contributed by atoms with van der Waals surface area (Å²) in [7, 11) is 1.87. The van der Waals surface area contributed by atoms with Crippen LogP contribution in [-0.4, -0.2) is 27.2 Å². The molecule has 0 fully saturated rings. The number of aromatic nitrogens is 3. The van der Waals surface area contributed by atoms with Gasteiger partial charge < -0.3 is 15.6 Å². The van der Waals surface area contributed by atoms with Crippen LogP contribution in [0.25, 0.3) is 0 Å². The Balaban J connectivity index is 1.95. The first-order chi connectivity index (χ1) is 9.09. The standard InChI is InChI=1S/C12H14BrN5O/c1-18-7-16-17-10(18)5-6-15-12(19)8-3-2-4-9(14)11(8)13/h2-4,7H,5-6,14H2,1H3,(H,15,19). The molecule has 6 nitrogen and oxygen atoms in total. The molecule has 0 spiro atoms. The third kappa shape index (κ3) is 3.11. The van der Waals surface area contributed by atoms with Crippen LogP contribution in [0.5, 0.6) is 0 Å². The Bertz CT molecular complexity index is 596. The SMILES string of the molecule is Cn1cnnc1CCNC(=O)c1cccc(N)c1Br. The van der Waals surface area contributed by atoms with Gasteiger partial charge in [0.15, 0.2) is 0 Å². The predicted octanol–water partition coefficient (Wildman–Crippen LogP) is 1.13. The largest absolute Gasteiger partial charge is 0.398 e. The highest BCUT2D eigenvalue weighted by molar-refractivity contribution is 9.10. The molecule has 19 heavy (non-hydrogen) atoms. The summed E-state index contributed by atoms with van der Waals surface area (Å²) in [6.45, 7) is 0.493. The second kappa shape index (κ2) is 5.83. The first-order valence-corrected chi connectivity index (χ1v) is 6.54. The fraction of sp³-hybridized carbons (Fsp3) is 0.250. The maximum atomic E-state index is 12.0. The van der Waals surface area contributed by atoms with E-state index in [4.69, 9.17) is 5.73 Å². The zero-order valence-electron chi connectivity index (χ0n) is 10.4. The van der Waals surface area contributed by atoms with Crippen LogP contribution in [0.4, 0.5) is 5.69 Å². The van der Waals surface area contributed by atoms with Crippen LogP contribution in [0.2, 0.25) is 0 Å². The number of nitrogens with two attached hydrogens (primary N) is 1. The highest BCUT2D eigenvalue weighted by Gasteiger charge is 2.11. The molecule has 0 saturated carbocycles. The fourth-order valence-corrected chi connectivity index (χ4v) is 2.09. The first-order valence-electron chi connectivity index (χ1n) is 5.74. The summed E-state index contributed by atoms with van der Waals surface area (Å²) in [5.74, 6) is 0.660. The lowest BCUT2D eigenvalue weighted by Crippen LogP contribution is -2.26. The predicted molar refractivity (Wildman–Crippen MR) is 75.6 cm³/mol. The second-order valence-electron chi connectivity index (χ2n) is 4.07. The van der Waals surface area contributed by atoms with Crippen molar-refractivity contribution in [3.63, 3.8) is 0 Å². The molecule has 0 radical (unpaired) electrons. The van der Waals surface area contributed by atoms with Gasteiger partial charge in [0.05, 0.1) is 10.0 Å². The number of hydrogen-bond acceptors (Lipinski definition) is 4. The van der Waals surface area contributed by atoms with Gasteiger partial charge in [-0.05, 0) is 28.1 Å². The van der Waals surface area contributed by atoms with Gasteiger partial charge in [0, 0.05) is 25.7 Å². The maximum Gasteiger partial charge on any atom is 0.252 e. The Morgan fingerprint density at radius 3 is 3.00 bits per heavy atom. The van der Waals surface area contributed by atoms with E-state index in [1.165, 1.54) is 0 Å². The number of nitrogen functional groups attached to an aromatic ring is 1. The molecule has 0 aliphatic heterocycles. The molecule has 3 N–H and O–H groups in total. The normalized spacial score (nSPS) is 10.4. The van der Waals surface area contributed by atoms with Crippen molar-refractivity contribution in [1.82, 2.24) is 20.1 Å². The van der Waals surface area contributed by atoms with Crippen molar-refractivity contribution in [1.29, 1.82) is 0 Å². The molecule has 100 valence electrons. The number of anilines is 1. The molecule has 0 aliphatic carbocycles. The zero-order valence-corrected chi connectivity index (χ0v) is 12.0. The fourth-order valence-electron chi connectivity index (χ4n) is 1.64. The molecule has 2 aromatic rings. The second-order valence-corrected chi connectivity index (χ2v) is 4.87. The summed E-state index contributed by atoms with van der Waals surface area (Å²) in [5.41, 5.74) is 6.80. The molecule has 0 aliphatic rings. The van der Waals surface area contributed by atoms with E-state index in [9.17, 15) is 4.79 Å². The van der Waals surface area contributed by atoms with Crippen molar-refractivity contribution in [2.24, 2.45) is 7.05 Å². The number of benzene rings is 1. The minimum absolute atomic E-state index is 0.165. The molecular formula is C12H14BrN5O. The van der Waals surface area contributed by atoms with Gasteiger partial charge in [-0.1, -0.05) is 6.07 Å². The minimum Gasteiger partial charge on any atom is -0.398 e. The molecular weight excluding hydrogens is 310 g/mol. The maximum absolute atomic E-state index is 12.0. The number of hydrogen-bond donors (Lipinski definition) is 2. The summed E-state index contributed by atoms with van der Waals surface area (Å²) >= 11 is 3.31. The topological polar surface area (TPSA) is 85.8 Å². The van der Waals surface area contributed by atoms with E-state index in [1.54, 1.807) is 24.5 Å². The Morgan fingerprint density at radius 1 is 1.53 bits per heavy atom. The molecule has 1 aromatic heterocycles. The average molecular weight is 324 g/mol. The van der Waals surface area contributed by atoms with E-state index in [-0.39, 0.29) is 5.91 Å². The lowest BCUT2D eigenvalue weighted by atomic mass is 10.2. The van der Waals surface area contributed by atoms with Crippen LogP contribution in [0, 0.1) is 0 Å². The number of carbonyl (C=O) groups excluding carboxylic acids is 1.